The topological polar surface area (TPSA) is 12.0 Å². The van der Waals surface area contributed by atoms with E-state index in [0.29, 0.717) is 5.41 Å². The molecule has 0 radical (unpaired) electrons. The highest BCUT2D eigenvalue weighted by atomic mass is 35.5. The van der Waals surface area contributed by atoms with E-state index < -0.39 is 0 Å². The molecule has 58 valence electrons. The van der Waals surface area contributed by atoms with Crippen molar-refractivity contribution in [1.29, 1.82) is 0 Å². The Balaban J connectivity index is 0. The minimum atomic E-state index is 0. The molecule has 2 heteroatoms. The summed E-state index contributed by atoms with van der Waals surface area (Å²) in [5, 5.41) is 3.12. The molecule has 0 aliphatic rings. The molecule has 1 nitrogen and oxygen atoms in total. The predicted octanol–water partition coefficient (Wildman–Crippen LogP) is 2.06. The predicted molar refractivity (Wildman–Crippen MR) is 45.2 cm³/mol. The molecule has 0 aromatic heterocycles. The summed E-state index contributed by atoms with van der Waals surface area (Å²) in [6.07, 6.45) is 1.25. The SMILES string of the molecule is CNCCC(C)(C)C.Cl. The zero-order valence-corrected chi connectivity index (χ0v) is 7.64. The van der Waals surface area contributed by atoms with Gasteiger partial charge in [0.05, 0.1) is 0 Å². The van der Waals surface area contributed by atoms with E-state index in [1.165, 1.54) is 6.42 Å². The molecular weight excluding hydrogens is 134 g/mol. The van der Waals surface area contributed by atoms with E-state index in [2.05, 4.69) is 26.1 Å². The first-order chi connectivity index (χ1) is 3.56. The van der Waals surface area contributed by atoms with Crippen molar-refractivity contribution in [2.24, 2.45) is 5.41 Å². The molecule has 0 unspecified atom stereocenters. The van der Waals surface area contributed by atoms with Gasteiger partial charge in [0, 0.05) is 0 Å². The Hall–Kier alpha value is 0.250. The van der Waals surface area contributed by atoms with Gasteiger partial charge >= 0.3 is 0 Å². The minimum Gasteiger partial charge on any atom is -0.320 e. The summed E-state index contributed by atoms with van der Waals surface area (Å²) in [5.74, 6) is 0. The molecule has 0 heterocycles. The Labute approximate surface area is 64.6 Å². The van der Waals surface area contributed by atoms with Gasteiger partial charge in [0.1, 0.15) is 0 Å². The van der Waals surface area contributed by atoms with Gasteiger partial charge in [-0.25, -0.2) is 0 Å². The van der Waals surface area contributed by atoms with Gasteiger partial charge in [-0.15, -0.1) is 12.4 Å². The fraction of sp³-hybridized carbons (Fsp3) is 1.00. The van der Waals surface area contributed by atoms with Crippen LogP contribution in [0, 0.1) is 5.41 Å². The quantitative estimate of drug-likeness (QED) is 0.637. The zero-order valence-electron chi connectivity index (χ0n) is 6.82. The third-order valence-corrected chi connectivity index (χ3v) is 1.12. The van der Waals surface area contributed by atoms with Gasteiger partial charge in [0.25, 0.3) is 0 Å². The van der Waals surface area contributed by atoms with Gasteiger partial charge in [-0.3, -0.25) is 0 Å². The fourth-order valence-corrected chi connectivity index (χ4v) is 0.500. The maximum Gasteiger partial charge on any atom is -0.00469 e. The summed E-state index contributed by atoms with van der Waals surface area (Å²) in [6, 6.07) is 0. The van der Waals surface area contributed by atoms with Crippen LogP contribution < -0.4 is 5.32 Å². The van der Waals surface area contributed by atoms with Gasteiger partial charge in [-0.05, 0) is 25.4 Å². The normalized spacial score (nSPS) is 10.7. The van der Waals surface area contributed by atoms with E-state index >= 15 is 0 Å². The number of nitrogens with one attached hydrogen (secondary N) is 1. The first-order valence-electron chi connectivity index (χ1n) is 3.21. The van der Waals surface area contributed by atoms with Crippen molar-refractivity contribution >= 4 is 12.4 Å². The van der Waals surface area contributed by atoms with Crippen molar-refractivity contribution in [1.82, 2.24) is 5.32 Å². The van der Waals surface area contributed by atoms with Crippen LogP contribution in [0.15, 0.2) is 0 Å². The molecule has 0 fully saturated rings. The standard InChI is InChI=1S/C7H17N.ClH/c1-7(2,3)5-6-8-4;/h8H,5-6H2,1-4H3;1H. The fourth-order valence-electron chi connectivity index (χ4n) is 0.500. The van der Waals surface area contributed by atoms with Crippen molar-refractivity contribution in [2.45, 2.75) is 27.2 Å². The second kappa shape index (κ2) is 5.07. The van der Waals surface area contributed by atoms with Gasteiger partial charge in [0.2, 0.25) is 0 Å². The number of halogens is 1. The first kappa shape index (κ1) is 12.0. The molecule has 0 bridgehead atoms. The molecule has 0 aromatic rings. The number of hydrogen-bond acceptors (Lipinski definition) is 1. The van der Waals surface area contributed by atoms with E-state index in [-0.39, 0.29) is 12.4 Å². The van der Waals surface area contributed by atoms with E-state index in [1.807, 2.05) is 7.05 Å². The lowest BCUT2D eigenvalue weighted by Crippen LogP contribution is -2.16. The van der Waals surface area contributed by atoms with Crippen LogP contribution in [0.25, 0.3) is 0 Å². The lowest BCUT2D eigenvalue weighted by Gasteiger charge is -2.16. The second-order valence-electron chi connectivity index (χ2n) is 3.41. The van der Waals surface area contributed by atoms with Crippen molar-refractivity contribution in [3.63, 3.8) is 0 Å². The molecule has 0 aliphatic heterocycles. The Morgan fingerprint density at radius 1 is 1.22 bits per heavy atom. The molecule has 0 saturated carbocycles. The Morgan fingerprint density at radius 3 is 1.78 bits per heavy atom. The summed E-state index contributed by atoms with van der Waals surface area (Å²) in [6.45, 7) is 7.89. The Bertz CT molecular complexity index is 56.4. The average molecular weight is 152 g/mol. The van der Waals surface area contributed by atoms with Crippen LogP contribution in [0.5, 0.6) is 0 Å². The van der Waals surface area contributed by atoms with Crippen molar-refractivity contribution in [3.8, 4) is 0 Å². The largest absolute Gasteiger partial charge is 0.320 e. The molecule has 9 heavy (non-hydrogen) atoms. The summed E-state index contributed by atoms with van der Waals surface area (Å²) in [4.78, 5) is 0. The Morgan fingerprint density at radius 2 is 1.67 bits per heavy atom. The van der Waals surface area contributed by atoms with Gasteiger partial charge in [-0.2, -0.15) is 0 Å². The highest BCUT2D eigenvalue weighted by Crippen LogP contribution is 2.16. The third kappa shape index (κ3) is 11.7. The van der Waals surface area contributed by atoms with E-state index in [9.17, 15) is 0 Å². The molecule has 0 rings (SSSR count). The highest BCUT2D eigenvalue weighted by molar-refractivity contribution is 5.85. The van der Waals surface area contributed by atoms with Crippen molar-refractivity contribution < 1.29 is 0 Å². The molecular formula is C7H18ClN. The van der Waals surface area contributed by atoms with Gasteiger partial charge < -0.3 is 5.32 Å². The maximum absolute atomic E-state index is 3.12. The van der Waals surface area contributed by atoms with Gasteiger partial charge in [-0.1, -0.05) is 20.8 Å². The first-order valence-corrected chi connectivity index (χ1v) is 3.21. The summed E-state index contributed by atoms with van der Waals surface area (Å²) >= 11 is 0. The highest BCUT2D eigenvalue weighted by Gasteiger charge is 2.07. The molecule has 0 amide bonds. The molecule has 1 N–H and O–H groups in total. The summed E-state index contributed by atoms with van der Waals surface area (Å²) < 4.78 is 0. The smallest absolute Gasteiger partial charge is 0.00469 e. The number of hydrogen-bond donors (Lipinski definition) is 1. The third-order valence-electron chi connectivity index (χ3n) is 1.12. The maximum atomic E-state index is 3.12. The van der Waals surface area contributed by atoms with Crippen LogP contribution in [-0.2, 0) is 0 Å². The lowest BCUT2D eigenvalue weighted by molar-refractivity contribution is 0.373. The molecule has 0 spiro atoms. The van der Waals surface area contributed by atoms with Crippen LogP contribution in [0.2, 0.25) is 0 Å². The van der Waals surface area contributed by atoms with Crippen LogP contribution in [-0.4, -0.2) is 13.6 Å². The molecule has 0 aliphatic carbocycles. The zero-order chi connectivity index (χ0) is 6.62. The average Bonchev–Trinajstić information content (AvgIpc) is 1.59. The van der Waals surface area contributed by atoms with Crippen LogP contribution in [0.4, 0.5) is 0 Å². The number of rotatable bonds is 2. The molecule has 0 aromatic carbocycles. The summed E-state index contributed by atoms with van der Waals surface area (Å²) in [7, 11) is 1.99. The van der Waals surface area contributed by atoms with E-state index in [1.54, 1.807) is 0 Å². The molecule has 0 atom stereocenters. The van der Waals surface area contributed by atoms with E-state index in [0.717, 1.165) is 6.54 Å². The minimum absolute atomic E-state index is 0. The second-order valence-corrected chi connectivity index (χ2v) is 3.41. The summed E-state index contributed by atoms with van der Waals surface area (Å²) in [5.41, 5.74) is 0.489. The van der Waals surface area contributed by atoms with E-state index in [4.69, 9.17) is 0 Å². The molecule has 0 saturated heterocycles. The van der Waals surface area contributed by atoms with Crippen molar-refractivity contribution in [3.05, 3.63) is 0 Å². The Kier molecular flexibility index (Phi) is 6.74. The van der Waals surface area contributed by atoms with Crippen LogP contribution in [0.1, 0.15) is 27.2 Å². The van der Waals surface area contributed by atoms with Crippen molar-refractivity contribution in [2.75, 3.05) is 13.6 Å². The monoisotopic (exact) mass is 151 g/mol. The van der Waals surface area contributed by atoms with Crippen LogP contribution >= 0.6 is 12.4 Å². The lowest BCUT2D eigenvalue weighted by atomic mass is 9.92. The van der Waals surface area contributed by atoms with Crippen LogP contribution in [0.3, 0.4) is 0 Å². The van der Waals surface area contributed by atoms with Gasteiger partial charge in [0.15, 0.2) is 0 Å².